The zero-order chi connectivity index (χ0) is 15.1. The van der Waals surface area contributed by atoms with E-state index in [1.54, 1.807) is 48.5 Å². The summed E-state index contributed by atoms with van der Waals surface area (Å²) in [6, 6.07) is 13.4. The Morgan fingerprint density at radius 3 is 2.71 bits per heavy atom. The van der Waals surface area contributed by atoms with Crippen LogP contribution in [0.15, 0.2) is 53.6 Å². The molecule has 0 bridgehead atoms. The summed E-state index contributed by atoms with van der Waals surface area (Å²) >= 11 is 0. The number of rotatable bonds is 5. The summed E-state index contributed by atoms with van der Waals surface area (Å²) in [5.74, 6) is 0.559. The van der Waals surface area contributed by atoms with Gasteiger partial charge in [0.2, 0.25) is 0 Å². The van der Waals surface area contributed by atoms with E-state index in [1.807, 2.05) is 6.92 Å². The van der Waals surface area contributed by atoms with Crippen LogP contribution in [0.4, 0.5) is 0 Å². The fourth-order valence-corrected chi connectivity index (χ4v) is 1.70. The van der Waals surface area contributed by atoms with Crippen molar-refractivity contribution in [2.75, 3.05) is 6.61 Å². The molecule has 2 rings (SSSR count). The van der Waals surface area contributed by atoms with Gasteiger partial charge in [-0.05, 0) is 48.9 Å². The quantitative estimate of drug-likeness (QED) is 0.654. The number of hydrazone groups is 1. The van der Waals surface area contributed by atoms with E-state index < -0.39 is 0 Å². The number of phenolic OH excluding ortho intramolecular Hbond substituents is 1. The lowest BCUT2D eigenvalue weighted by Crippen LogP contribution is -2.17. The molecule has 0 fully saturated rings. The lowest BCUT2D eigenvalue weighted by molar-refractivity contribution is 0.0955. The molecular weight excluding hydrogens is 268 g/mol. The van der Waals surface area contributed by atoms with Gasteiger partial charge in [-0.3, -0.25) is 4.79 Å². The van der Waals surface area contributed by atoms with Crippen molar-refractivity contribution in [2.24, 2.45) is 5.10 Å². The molecule has 0 atom stereocenters. The van der Waals surface area contributed by atoms with Crippen LogP contribution >= 0.6 is 0 Å². The Morgan fingerprint density at radius 2 is 2.05 bits per heavy atom. The Labute approximate surface area is 122 Å². The highest BCUT2D eigenvalue weighted by molar-refractivity contribution is 5.95. The summed E-state index contributed by atoms with van der Waals surface area (Å²) < 4.78 is 5.31. The zero-order valence-corrected chi connectivity index (χ0v) is 11.6. The second kappa shape index (κ2) is 7.09. The van der Waals surface area contributed by atoms with Crippen LogP contribution in [0.5, 0.6) is 11.5 Å². The highest BCUT2D eigenvalue weighted by Crippen LogP contribution is 2.12. The second-order valence-electron chi connectivity index (χ2n) is 4.25. The van der Waals surface area contributed by atoms with Crippen molar-refractivity contribution in [3.05, 3.63) is 59.7 Å². The van der Waals surface area contributed by atoms with Crippen LogP contribution in [0.2, 0.25) is 0 Å². The Balaban J connectivity index is 1.95. The van der Waals surface area contributed by atoms with E-state index in [0.29, 0.717) is 17.7 Å². The van der Waals surface area contributed by atoms with E-state index in [1.165, 1.54) is 6.21 Å². The Morgan fingerprint density at radius 1 is 1.29 bits per heavy atom. The van der Waals surface area contributed by atoms with E-state index in [4.69, 9.17) is 4.74 Å². The van der Waals surface area contributed by atoms with Crippen molar-refractivity contribution in [3.63, 3.8) is 0 Å². The van der Waals surface area contributed by atoms with Gasteiger partial charge in [-0.15, -0.1) is 0 Å². The number of carbonyl (C=O) groups excluding carboxylic acids is 1. The van der Waals surface area contributed by atoms with Crippen LogP contribution < -0.4 is 10.2 Å². The Kier molecular flexibility index (Phi) is 4.93. The highest BCUT2D eigenvalue weighted by atomic mass is 16.5. The molecule has 2 aromatic rings. The third-order valence-electron chi connectivity index (χ3n) is 2.68. The average molecular weight is 284 g/mol. The molecule has 5 heteroatoms. The predicted octanol–water partition coefficient (Wildman–Crippen LogP) is 2.55. The summed E-state index contributed by atoms with van der Waals surface area (Å²) in [6.45, 7) is 2.48. The van der Waals surface area contributed by atoms with Crippen LogP contribution in [0.1, 0.15) is 22.8 Å². The number of ether oxygens (including phenoxy) is 1. The standard InChI is InChI=1S/C16H16N2O3/c1-2-21-15-8-6-13(7-9-15)16(20)18-17-11-12-4-3-5-14(19)10-12/h3-11,19H,2H2,1H3,(H,18,20)/b17-11-. The van der Waals surface area contributed by atoms with Gasteiger partial charge in [0.05, 0.1) is 12.8 Å². The van der Waals surface area contributed by atoms with Crippen molar-refractivity contribution in [3.8, 4) is 11.5 Å². The second-order valence-corrected chi connectivity index (χ2v) is 4.25. The number of benzene rings is 2. The summed E-state index contributed by atoms with van der Waals surface area (Å²) in [7, 11) is 0. The number of hydrogen-bond acceptors (Lipinski definition) is 4. The van der Waals surface area contributed by atoms with Crippen LogP contribution in [-0.4, -0.2) is 23.8 Å². The summed E-state index contributed by atoms with van der Waals surface area (Å²) in [5, 5.41) is 13.2. The van der Waals surface area contributed by atoms with Crippen LogP contribution in [0, 0.1) is 0 Å². The molecule has 108 valence electrons. The third-order valence-corrected chi connectivity index (χ3v) is 2.68. The molecule has 0 aliphatic heterocycles. The lowest BCUT2D eigenvalue weighted by Gasteiger charge is -2.04. The molecule has 0 aromatic heterocycles. The summed E-state index contributed by atoms with van der Waals surface area (Å²) in [5.41, 5.74) is 3.61. The molecule has 21 heavy (non-hydrogen) atoms. The van der Waals surface area contributed by atoms with Gasteiger partial charge in [-0.1, -0.05) is 12.1 Å². The van der Waals surface area contributed by atoms with Gasteiger partial charge >= 0.3 is 0 Å². The smallest absolute Gasteiger partial charge is 0.271 e. The number of amides is 1. The van der Waals surface area contributed by atoms with Crippen LogP contribution in [-0.2, 0) is 0 Å². The van der Waals surface area contributed by atoms with Gasteiger partial charge in [-0.25, -0.2) is 5.43 Å². The van der Waals surface area contributed by atoms with E-state index in [-0.39, 0.29) is 11.7 Å². The zero-order valence-electron chi connectivity index (χ0n) is 11.6. The lowest BCUT2D eigenvalue weighted by atomic mass is 10.2. The normalized spacial score (nSPS) is 10.5. The van der Waals surface area contributed by atoms with Gasteiger partial charge < -0.3 is 9.84 Å². The minimum atomic E-state index is -0.311. The number of aromatic hydroxyl groups is 1. The van der Waals surface area contributed by atoms with Crippen molar-refractivity contribution in [1.82, 2.24) is 5.43 Å². The molecule has 0 spiro atoms. The van der Waals surface area contributed by atoms with Crippen molar-refractivity contribution in [2.45, 2.75) is 6.92 Å². The molecule has 2 aromatic carbocycles. The summed E-state index contributed by atoms with van der Waals surface area (Å²) in [4.78, 5) is 11.9. The van der Waals surface area contributed by atoms with Crippen LogP contribution in [0.25, 0.3) is 0 Å². The number of nitrogens with one attached hydrogen (secondary N) is 1. The van der Waals surface area contributed by atoms with Gasteiger partial charge in [-0.2, -0.15) is 5.10 Å². The van der Waals surface area contributed by atoms with E-state index in [0.717, 1.165) is 5.75 Å². The molecule has 0 saturated heterocycles. The molecule has 0 unspecified atom stereocenters. The number of hydrogen-bond donors (Lipinski definition) is 2. The van der Waals surface area contributed by atoms with E-state index >= 15 is 0 Å². The van der Waals surface area contributed by atoms with Gasteiger partial charge in [0, 0.05) is 5.56 Å². The molecule has 0 aliphatic carbocycles. The fourth-order valence-electron chi connectivity index (χ4n) is 1.70. The largest absolute Gasteiger partial charge is 0.508 e. The number of nitrogens with zero attached hydrogens (tertiary/aromatic N) is 1. The Bertz CT molecular complexity index is 636. The first-order valence-electron chi connectivity index (χ1n) is 6.54. The molecule has 0 radical (unpaired) electrons. The minimum absolute atomic E-state index is 0.150. The third kappa shape index (κ3) is 4.35. The van der Waals surface area contributed by atoms with Gasteiger partial charge in [0.15, 0.2) is 0 Å². The first-order chi connectivity index (χ1) is 10.2. The molecule has 5 nitrogen and oxygen atoms in total. The van der Waals surface area contributed by atoms with Gasteiger partial charge in [0.1, 0.15) is 11.5 Å². The topological polar surface area (TPSA) is 70.9 Å². The maximum Gasteiger partial charge on any atom is 0.271 e. The molecule has 2 N–H and O–H groups in total. The predicted molar refractivity (Wildman–Crippen MR) is 80.8 cm³/mol. The SMILES string of the molecule is CCOc1ccc(C(=O)N/N=C\c2cccc(O)c2)cc1. The minimum Gasteiger partial charge on any atom is -0.508 e. The average Bonchev–Trinajstić information content (AvgIpc) is 2.48. The summed E-state index contributed by atoms with van der Waals surface area (Å²) in [6.07, 6.45) is 1.46. The van der Waals surface area contributed by atoms with Crippen molar-refractivity contribution >= 4 is 12.1 Å². The molecular formula is C16H16N2O3. The van der Waals surface area contributed by atoms with E-state index in [9.17, 15) is 9.90 Å². The molecule has 0 aliphatic rings. The maximum atomic E-state index is 11.9. The van der Waals surface area contributed by atoms with Crippen molar-refractivity contribution < 1.29 is 14.6 Å². The van der Waals surface area contributed by atoms with Crippen molar-refractivity contribution in [1.29, 1.82) is 0 Å². The fraction of sp³-hybridized carbons (Fsp3) is 0.125. The van der Waals surface area contributed by atoms with Gasteiger partial charge in [0.25, 0.3) is 5.91 Å². The van der Waals surface area contributed by atoms with E-state index in [2.05, 4.69) is 10.5 Å². The highest BCUT2D eigenvalue weighted by Gasteiger charge is 2.03. The van der Waals surface area contributed by atoms with Crippen LogP contribution in [0.3, 0.4) is 0 Å². The molecule has 1 amide bonds. The monoisotopic (exact) mass is 284 g/mol. The molecule has 0 heterocycles. The number of phenols is 1. The first kappa shape index (κ1) is 14.6. The Hall–Kier alpha value is -2.82. The first-order valence-corrected chi connectivity index (χ1v) is 6.54. The molecule has 0 saturated carbocycles. The maximum absolute atomic E-state index is 11.9. The number of carbonyl (C=O) groups is 1.